The molecule has 1 unspecified atom stereocenters. The van der Waals surface area contributed by atoms with Crippen molar-refractivity contribution in [1.82, 2.24) is 20.4 Å². The molecule has 4 nitrogen and oxygen atoms in total. The lowest BCUT2D eigenvalue weighted by atomic mass is 10.1. The van der Waals surface area contributed by atoms with E-state index in [0.29, 0.717) is 11.7 Å². The lowest BCUT2D eigenvalue weighted by Crippen LogP contribution is -2.36. The van der Waals surface area contributed by atoms with E-state index >= 15 is 0 Å². The number of aromatic nitrogens is 2. The Morgan fingerprint density at radius 2 is 2.41 bits per heavy atom. The molecule has 0 aliphatic carbocycles. The van der Waals surface area contributed by atoms with Gasteiger partial charge in [-0.25, -0.2) is 0 Å². The largest absolute Gasteiger partial charge is 0.359 e. The molecule has 0 amide bonds. The molecule has 1 atom stereocenters. The van der Waals surface area contributed by atoms with Crippen LogP contribution < -0.4 is 10.6 Å². The Kier molecular flexibility index (Phi) is 5.15. The van der Waals surface area contributed by atoms with E-state index in [2.05, 4.69) is 42.4 Å². The van der Waals surface area contributed by atoms with Gasteiger partial charge in [0.05, 0.1) is 11.7 Å². The standard InChI is InChI=1S/C12H20N4S/c1-5-7-13-12(17)14-9(3)11-8-16(6-2)15-10(11)4/h5,8-9H,1,6-7H2,2-4H3,(H2,13,14,17). The van der Waals surface area contributed by atoms with Gasteiger partial charge in [-0.1, -0.05) is 6.08 Å². The second-order valence-electron chi connectivity index (χ2n) is 3.89. The third-order valence-corrected chi connectivity index (χ3v) is 2.79. The summed E-state index contributed by atoms with van der Waals surface area (Å²) in [6.45, 7) is 11.4. The van der Waals surface area contributed by atoms with E-state index in [4.69, 9.17) is 12.2 Å². The van der Waals surface area contributed by atoms with Crippen LogP contribution in [0.15, 0.2) is 18.9 Å². The fourth-order valence-electron chi connectivity index (χ4n) is 1.61. The summed E-state index contributed by atoms with van der Waals surface area (Å²) in [5, 5.41) is 11.3. The van der Waals surface area contributed by atoms with E-state index in [1.165, 1.54) is 5.56 Å². The zero-order valence-electron chi connectivity index (χ0n) is 10.7. The monoisotopic (exact) mass is 252 g/mol. The molecular formula is C12H20N4S. The van der Waals surface area contributed by atoms with Crippen LogP contribution in [0.4, 0.5) is 0 Å². The van der Waals surface area contributed by atoms with Crippen molar-refractivity contribution in [2.24, 2.45) is 0 Å². The highest BCUT2D eigenvalue weighted by Crippen LogP contribution is 2.15. The summed E-state index contributed by atoms with van der Waals surface area (Å²) in [5.41, 5.74) is 2.22. The highest BCUT2D eigenvalue weighted by Gasteiger charge is 2.12. The van der Waals surface area contributed by atoms with E-state index in [1.807, 2.05) is 11.6 Å². The Bertz CT molecular complexity index is 397. The van der Waals surface area contributed by atoms with Crippen molar-refractivity contribution in [3.63, 3.8) is 0 Å². The van der Waals surface area contributed by atoms with E-state index < -0.39 is 0 Å². The Hall–Kier alpha value is -1.36. The summed E-state index contributed by atoms with van der Waals surface area (Å²) in [6, 6.07) is 0.153. The van der Waals surface area contributed by atoms with Gasteiger partial charge in [0.1, 0.15) is 0 Å². The summed E-state index contributed by atoms with van der Waals surface area (Å²) >= 11 is 5.18. The molecule has 0 radical (unpaired) electrons. The van der Waals surface area contributed by atoms with Crippen LogP contribution in [0, 0.1) is 6.92 Å². The fourth-order valence-corrected chi connectivity index (χ4v) is 1.87. The molecule has 1 rings (SSSR count). The Morgan fingerprint density at radius 3 is 2.94 bits per heavy atom. The fraction of sp³-hybridized carbons (Fsp3) is 0.500. The van der Waals surface area contributed by atoms with Crippen molar-refractivity contribution in [3.05, 3.63) is 30.1 Å². The Morgan fingerprint density at radius 1 is 1.71 bits per heavy atom. The maximum atomic E-state index is 5.18. The third kappa shape index (κ3) is 3.85. The molecule has 0 saturated heterocycles. The topological polar surface area (TPSA) is 41.9 Å². The SMILES string of the molecule is C=CCNC(=S)NC(C)c1cn(CC)nc1C. The third-order valence-electron chi connectivity index (χ3n) is 2.53. The predicted octanol–water partition coefficient (Wildman–Crippen LogP) is 1.92. The molecule has 0 fully saturated rings. The summed E-state index contributed by atoms with van der Waals surface area (Å²) in [5.74, 6) is 0. The van der Waals surface area contributed by atoms with Crippen molar-refractivity contribution in [1.29, 1.82) is 0 Å². The van der Waals surface area contributed by atoms with Crippen molar-refractivity contribution >= 4 is 17.3 Å². The molecule has 5 heteroatoms. The van der Waals surface area contributed by atoms with E-state index in [-0.39, 0.29) is 6.04 Å². The number of rotatable bonds is 5. The Balaban J connectivity index is 2.62. The van der Waals surface area contributed by atoms with Gasteiger partial charge in [-0.3, -0.25) is 4.68 Å². The molecule has 1 aromatic rings. The van der Waals surface area contributed by atoms with Crippen LogP contribution in [0.3, 0.4) is 0 Å². The molecule has 0 spiro atoms. The summed E-state index contributed by atoms with van der Waals surface area (Å²) in [6.07, 6.45) is 3.84. The summed E-state index contributed by atoms with van der Waals surface area (Å²) in [7, 11) is 0. The van der Waals surface area contributed by atoms with E-state index in [9.17, 15) is 0 Å². The first-order valence-corrected chi connectivity index (χ1v) is 6.18. The highest BCUT2D eigenvalue weighted by molar-refractivity contribution is 7.80. The van der Waals surface area contributed by atoms with Crippen LogP contribution in [-0.2, 0) is 6.54 Å². The highest BCUT2D eigenvalue weighted by atomic mass is 32.1. The van der Waals surface area contributed by atoms with Gasteiger partial charge in [-0.2, -0.15) is 5.10 Å². The molecule has 0 aromatic carbocycles. The Labute approximate surface area is 108 Å². The molecule has 17 heavy (non-hydrogen) atoms. The van der Waals surface area contributed by atoms with Crippen LogP contribution in [0.2, 0.25) is 0 Å². The molecule has 1 heterocycles. The van der Waals surface area contributed by atoms with Gasteiger partial charge in [-0.05, 0) is 33.0 Å². The average molecular weight is 252 g/mol. The van der Waals surface area contributed by atoms with Crippen molar-refractivity contribution < 1.29 is 0 Å². The summed E-state index contributed by atoms with van der Waals surface area (Å²) < 4.78 is 1.93. The van der Waals surface area contributed by atoms with Crippen molar-refractivity contribution in [2.45, 2.75) is 33.4 Å². The number of nitrogens with one attached hydrogen (secondary N) is 2. The summed E-state index contributed by atoms with van der Waals surface area (Å²) in [4.78, 5) is 0. The number of aryl methyl sites for hydroxylation is 2. The van der Waals surface area contributed by atoms with Gasteiger partial charge in [0.2, 0.25) is 0 Å². The first-order valence-electron chi connectivity index (χ1n) is 5.77. The van der Waals surface area contributed by atoms with Crippen LogP contribution in [0.5, 0.6) is 0 Å². The molecule has 2 N–H and O–H groups in total. The normalized spacial score (nSPS) is 11.9. The lowest BCUT2D eigenvalue weighted by Gasteiger charge is -2.15. The van der Waals surface area contributed by atoms with Gasteiger partial charge >= 0.3 is 0 Å². The molecule has 0 saturated carbocycles. The van der Waals surface area contributed by atoms with Gasteiger partial charge in [0.15, 0.2) is 5.11 Å². The van der Waals surface area contributed by atoms with Gasteiger partial charge in [0, 0.05) is 24.8 Å². The molecule has 94 valence electrons. The maximum Gasteiger partial charge on any atom is 0.167 e. The van der Waals surface area contributed by atoms with E-state index in [1.54, 1.807) is 6.08 Å². The number of nitrogens with zero attached hydrogens (tertiary/aromatic N) is 2. The van der Waals surface area contributed by atoms with Gasteiger partial charge < -0.3 is 10.6 Å². The maximum absolute atomic E-state index is 5.18. The van der Waals surface area contributed by atoms with Crippen LogP contribution >= 0.6 is 12.2 Å². The van der Waals surface area contributed by atoms with E-state index in [0.717, 1.165) is 12.2 Å². The lowest BCUT2D eigenvalue weighted by molar-refractivity contribution is 0.651. The number of thiocarbonyl (C=S) groups is 1. The van der Waals surface area contributed by atoms with Gasteiger partial charge in [0.25, 0.3) is 0 Å². The van der Waals surface area contributed by atoms with Gasteiger partial charge in [-0.15, -0.1) is 6.58 Å². The minimum Gasteiger partial charge on any atom is -0.359 e. The second-order valence-corrected chi connectivity index (χ2v) is 4.30. The predicted molar refractivity (Wildman–Crippen MR) is 75.0 cm³/mol. The quantitative estimate of drug-likeness (QED) is 0.620. The van der Waals surface area contributed by atoms with Crippen LogP contribution in [0.1, 0.15) is 31.1 Å². The minimum atomic E-state index is 0.153. The second kappa shape index (κ2) is 6.39. The average Bonchev–Trinajstić information content (AvgIpc) is 2.68. The smallest absolute Gasteiger partial charge is 0.167 e. The molecule has 0 aliphatic rings. The molecule has 0 aliphatic heterocycles. The van der Waals surface area contributed by atoms with Crippen LogP contribution in [0.25, 0.3) is 0 Å². The van der Waals surface area contributed by atoms with Crippen molar-refractivity contribution in [3.8, 4) is 0 Å². The zero-order valence-corrected chi connectivity index (χ0v) is 11.5. The molecular weight excluding hydrogens is 232 g/mol. The first kappa shape index (κ1) is 13.7. The van der Waals surface area contributed by atoms with Crippen molar-refractivity contribution in [2.75, 3.05) is 6.54 Å². The van der Waals surface area contributed by atoms with Crippen LogP contribution in [-0.4, -0.2) is 21.4 Å². The molecule has 0 bridgehead atoms. The zero-order chi connectivity index (χ0) is 12.8. The number of hydrogen-bond acceptors (Lipinski definition) is 2. The number of hydrogen-bond donors (Lipinski definition) is 2. The molecule has 1 aromatic heterocycles. The minimum absolute atomic E-state index is 0.153. The first-order chi connectivity index (χ1) is 8.08.